The zero-order valence-electron chi connectivity index (χ0n) is 27.2. The van der Waals surface area contributed by atoms with Crippen LogP contribution in [0.25, 0.3) is 11.1 Å². The van der Waals surface area contributed by atoms with Crippen molar-refractivity contribution in [3.05, 3.63) is 88.4 Å². The summed E-state index contributed by atoms with van der Waals surface area (Å²) in [5, 5.41) is 18.8. The predicted molar refractivity (Wildman–Crippen MR) is 182 cm³/mol. The van der Waals surface area contributed by atoms with E-state index in [0.29, 0.717) is 17.7 Å². The van der Waals surface area contributed by atoms with E-state index in [0.717, 1.165) is 5.56 Å². The molecule has 0 aliphatic rings. The Hall–Kier alpha value is -5.03. The second-order valence-electron chi connectivity index (χ2n) is 10.9. The maximum Gasteiger partial charge on any atom is 0.490 e. The molecule has 52 heavy (non-hydrogen) atoms. The predicted octanol–water partition coefficient (Wildman–Crippen LogP) is 4.45. The fourth-order valence-electron chi connectivity index (χ4n) is 4.36. The zero-order valence-corrected chi connectivity index (χ0v) is 28.7. The summed E-state index contributed by atoms with van der Waals surface area (Å²) in [7, 11) is 0. The number of unbranched alkanes of at least 4 members (excludes halogenated alkanes) is 1. The van der Waals surface area contributed by atoms with Crippen LogP contribution in [0.3, 0.4) is 0 Å². The van der Waals surface area contributed by atoms with Crippen LogP contribution in [-0.2, 0) is 28.7 Å². The van der Waals surface area contributed by atoms with E-state index in [2.05, 4.69) is 5.32 Å². The molecule has 0 saturated heterocycles. The SMILES string of the molecule is NCCCC[C@@](N)(C(=O)COc1ccccc1-c1ccccc1)C(=O)N[C@@H](CC(=O)O)C(=O)COC(=O)c1c(Cl)cccc1Cl.O=C(O)C(F)(F)F. The fourth-order valence-corrected chi connectivity index (χ4v) is 4.91. The number of carboxylic acids is 2. The molecule has 0 fully saturated rings. The molecule has 2 atom stereocenters. The number of rotatable bonds is 17. The number of hydrogen-bond donors (Lipinski definition) is 5. The lowest BCUT2D eigenvalue weighted by Gasteiger charge is -2.29. The molecule has 1 amide bonds. The van der Waals surface area contributed by atoms with Gasteiger partial charge >= 0.3 is 24.1 Å². The number of hydrogen-bond acceptors (Lipinski definition) is 10. The second kappa shape index (κ2) is 20.1. The van der Waals surface area contributed by atoms with Crippen LogP contribution < -0.4 is 21.5 Å². The average Bonchev–Trinajstić information content (AvgIpc) is 3.09. The van der Waals surface area contributed by atoms with Gasteiger partial charge in [0, 0.05) is 5.56 Å². The normalized spacial score (nSPS) is 12.6. The van der Waals surface area contributed by atoms with Crippen molar-refractivity contribution in [3.63, 3.8) is 0 Å². The maximum absolute atomic E-state index is 13.5. The van der Waals surface area contributed by atoms with Gasteiger partial charge in [0.25, 0.3) is 0 Å². The van der Waals surface area contributed by atoms with Crippen LogP contribution in [0.5, 0.6) is 5.75 Å². The van der Waals surface area contributed by atoms with Crippen molar-refractivity contribution in [2.45, 2.75) is 43.4 Å². The van der Waals surface area contributed by atoms with Crippen molar-refractivity contribution in [1.82, 2.24) is 5.32 Å². The lowest BCUT2D eigenvalue weighted by molar-refractivity contribution is -0.192. The summed E-state index contributed by atoms with van der Waals surface area (Å²) in [4.78, 5) is 73.0. The van der Waals surface area contributed by atoms with Gasteiger partial charge < -0.3 is 36.5 Å². The van der Waals surface area contributed by atoms with Gasteiger partial charge in [-0.1, -0.05) is 77.8 Å². The van der Waals surface area contributed by atoms with Crippen molar-refractivity contribution in [1.29, 1.82) is 0 Å². The highest BCUT2D eigenvalue weighted by Gasteiger charge is 2.43. The number of para-hydroxylation sites is 1. The van der Waals surface area contributed by atoms with Crippen molar-refractivity contribution >= 4 is 58.6 Å². The Balaban J connectivity index is 0.00000121. The molecular formula is C34H34Cl2F3N3O10. The highest BCUT2D eigenvalue weighted by atomic mass is 35.5. The molecule has 3 aromatic carbocycles. The van der Waals surface area contributed by atoms with Crippen molar-refractivity contribution in [2.75, 3.05) is 19.8 Å². The van der Waals surface area contributed by atoms with Gasteiger partial charge in [-0.3, -0.25) is 19.2 Å². The minimum atomic E-state index is -5.08. The van der Waals surface area contributed by atoms with E-state index in [-0.39, 0.29) is 35.0 Å². The van der Waals surface area contributed by atoms with Crippen LogP contribution in [0.2, 0.25) is 10.0 Å². The van der Waals surface area contributed by atoms with Crippen LogP contribution >= 0.6 is 23.2 Å². The maximum atomic E-state index is 13.5. The summed E-state index contributed by atoms with van der Waals surface area (Å²) in [6, 6.07) is 18.9. The molecule has 0 heterocycles. The number of carbonyl (C=O) groups excluding carboxylic acids is 4. The summed E-state index contributed by atoms with van der Waals surface area (Å²) in [6.45, 7) is -1.24. The monoisotopic (exact) mass is 771 g/mol. The smallest absolute Gasteiger partial charge is 0.485 e. The Kier molecular flexibility index (Phi) is 16.7. The van der Waals surface area contributed by atoms with Gasteiger partial charge in [-0.15, -0.1) is 0 Å². The summed E-state index contributed by atoms with van der Waals surface area (Å²) < 4.78 is 42.6. The standard InChI is InChI=1S/C32H33Cl2N3O8.C2HF3O2/c33-22-12-8-13-23(34)29(22)30(42)45-18-25(38)24(17-28(40)41)37-31(43)32(36,15-6-7-16-35)27(39)19-44-26-14-5-4-11-21(26)20-9-2-1-3-10-20;3-2(4,5)1(6)7/h1-5,8-14,24H,6-7,15-19,35-36H2,(H,37,43)(H,40,41);(H,6,7)/t24-,32+;/m0./s1. The third-order valence-corrected chi connectivity index (χ3v) is 7.72. The lowest BCUT2D eigenvalue weighted by Crippen LogP contribution is -2.63. The number of nitrogens with two attached hydrogens (primary N) is 2. The first-order valence-electron chi connectivity index (χ1n) is 15.2. The zero-order chi connectivity index (χ0) is 39.1. The van der Waals surface area contributed by atoms with Crippen LogP contribution in [0.15, 0.2) is 72.8 Å². The number of ketones is 2. The van der Waals surface area contributed by atoms with Crippen molar-refractivity contribution in [2.24, 2.45) is 11.5 Å². The number of alkyl halides is 3. The van der Waals surface area contributed by atoms with Gasteiger partial charge in [-0.05, 0) is 49.6 Å². The largest absolute Gasteiger partial charge is 0.490 e. The summed E-state index contributed by atoms with van der Waals surface area (Å²) >= 11 is 12.0. The number of nitrogens with one attached hydrogen (secondary N) is 1. The fraction of sp³-hybridized carbons (Fsp3) is 0.294. The first kappa shape index (κ1) is 43.1. The number of Topliss-reactive ketones (excluding diaryl/α,β-unsaturated/α-hetero) is 2. The number of carbonyl (C=O) groups is 6. The third-order valence-electron chi connectivity index (χ3n) is 7.09. The van der Waals surface area contributed by atoms with E-state index >= 15 is 0 Å². The van der Waals surface area contributed by atoms with E-state index < -0.39 is 72.8 Å². The number of esters is 1. The second-order valence-corrected chi connectivity index (χ2v) is 11.7. The Morgan fingerprint density at radius 3 is 1.96 bits per heavy atom. The first-order valence-corrected chi connectivity index (χ1v) is 15.9. The van der Waals surface area contributed by atoms with E-state index in [9.17, 15) is 42.3 Å². The summed E-state index contributed by atoms with van der Waals surface area (Å²) in [6.07, 6.45) is -5.40. The molecule has 0 bridgehead atoms. The minimum Gasteiger partial charge on any atom is -0.485 e. The van der Waals surface area contributed by atoms with E-state index in [1.54, 1.807) is 12.1 Å². The summed E-state index contributed by atoms with van der Waals surface area (Å²) in [5.41, 5.74) is 11.1. The average molecular weight is 773 g/mol. The van der Waals surface area contributed by atoms with E-state index in [1.807, 2.05) is 42.5 Å². The minimum absolute atomic E-state index is 0.0205. The molecule has 18 heteroatoms. The Bertz CT molecular complexity index is 1720. The van der Waals surface area contributed by atoms with E-state index in [1.165, 1.54) is 18.2 Å². The molecule has 0 spiro atoms. The number of benzene rings is 3. The molecule has 3 aromatic rings. The molecule has 13 nitrogen and oxygen atoms in total. The van der Waals surface area contributed by atoms with Crippen molar-refractivity contribution < 1.29 is 61.6 Å². The highest BCUT2D eigenvalue weighted by molar-refractivity contribution is 6.39. The third kappa shape index (κ3) is 12.9. The molecule has 0 unspecified atom stereocenters. The Morgan fingerprint density at radius 1 is 0.827 bits per heavy atom. The van der Waals surface area contributed by atoms with Crippen LogP contribution in [-0.4, -0.2) is 83.1 Å². The van der Waals surface area contributed by atoms with Crippen LogP contribution in [0.1, 0.15) is 36.0 Å². The van der Waals surface area contributed by atoms with Gasteiger partial charge in [0.2, 0.25) is 5.91 Å². The van der Waals surface area contributed by atoms with Gasteiger partial charge in [0.05, 0.1) is 22.0 Å². The summed E-state index contributed by atoms with van der Waals surface area (Å²) in [5.74, 6) is -7.71. The quantitative estimate of drug-likeness (QED) is 0.0729. The van der Waals surface area contributed by atoms with Crippen LogP contribution in [0.4, 0.5) is 13.2 Å². The molecule has 0 aliphatic heterocycles. The highest BCUT2D eigenvalue weighted by Crippen LogP contribution is 2.30. The van der Waals surface area contributed by atoms with Gasteiger partial charge in [0.15, 0.2) is 23.7 Å². The Morgan fingerprint density at radius 2 is 1.40 bits per heavy atom. The molecule has 280 valence electrons. The molecule has 0 aromatic heterocycles. The van der Waals surface area contributed by atoms with Gasteiger partial charge in [-0.25, -0.2) is 9.59 Å². The lowest BCUT2D eigenvalue weighted by atomic mass is 9.87. The number of ether oxygens (including phenoxy) is 2. The molecule has 7 N–H and O–H groups in total. The van der Waals surface area contributed by atoms with E-state index in [4.69, 9.17) is 54.0 Å². The Labute approximate surface area is 305 Å². The van der Waals surface area contributed by atoms with Gasteiger partial charge in [0.1, 0.15) is 18.4 Å². The first-order chi connectivity index (χ1) is 24.4. The van der Waals surface area contributed by atoms with Gasteiger partial charge in [-0.2, -0.15) is 13.2 Å². The molecule has 0 saturated carbocycles. The number of carboxylic acid groups (broad SMARTS) is 2. The number of halogens is 5. The number of aliphatic carboxylic acids is 2. The molecule has 0 radical (unpaired) electrons. The molecule has 3 rings (SSSR count). The molecule has 0 aliphatic carbocycles. The molecular weight excluding hydrogens is 738 g/mol. The topological polar surface area (TPSA) is 225 Å². The van der Waals surface area contributed by atoms with Crippen LogP contribution in [0, 0.1) is 0 Å². The number of amides is 1. The van der Waals surface area contributed by atoms with Crippen molar-refractivity contribution in [3.8, 4) is 16.9 Å².